The Labute approximate surface area is 106 Å². The van der Waals surface area contributed by atoms with Crippen LogP contribution in [0.4, 0.5) is 0 Å². The minimum Gasteiger partial charge on any atom is -0.467 e. The van der Waals surface area contributed by atoms with Crippen molar-refractivity contribution in [1.82, 2.24) is 9.55 Å². The fraction of sp³-hybridized carbons (Fsp3) is 0.462. The second kappa shape index (κ2) is 6.37. The standard InChI is InChI=1S/C13H18N2O3/c1-2-13-14-5-6-15(13)8-11(16)9-17-10-12-4-3-7-18-12/h3-7,11,16H,2,8-10H2,1H3. The van der Waals surface area contributed by atoms with Gasteiger partial charge in [0, 0.05) is 18.8 Å². The van der Waals surface area contributed by atoms with Gasteiger partial charge in [0.25, 0.3) is 0 Å². The number of aryl methyl sites for hydroxylation is 1. The van der Waals surface area contributed by atoms with Gasteiger partial charge in [-0.3, -0.25) is 0 Å². The third-order valence-corrected chi connectivity index (χ3v) is 2.66. The lowest BCUT2D eigenvalue weighted by Crippen LogP contribution is -2.22. The SMILES string of the molecule is CCc1nccn1CC(O)COCc1ccco1. The van der Waals surface area contributed by atoms with E-state index in [0.29, 0.717) is 13.2 Å². The Morgan fingerprint density at radius 2 is 2.44 bits per heavy atom. The summed E-state index contributed by atoms with van der Waals surface area (Å²) in [7, 11) is 0. The van der Waals surface area contributed by atoms with Crippen LogP contribution in [-0.4, -0.2) is 27.4 Å². The topological polar surface area (TPSA) is 60.4 Å². The van der Waals surface area contributed by atoms with Crippen molar-refractivity contribution in [3.05, 3.63) is 42.4 Å². The molecule has 0 saturated carbocycles. The van der Waals surface area contributed by atoms with Crippen LogP contribution in [0.15, 0.2) is 35.2 Å². The van der Waals surface area contributed by atoms with Crippen LogP contribution < -0.4 is 0 Å². The monoisotopic (exact) mass is 250 g/mol. The van der Waals surface area contributed by atoms with Crippen molar-refractivity contribution in [1.29, 1.82) is 0 Å². The molecule has 1 atom stereocenters. The number of aliphatic hydroxyl groups is 1. The molecule has 5 nitrogen and oxygen atoms in total. The third-order valence-electron chi connectivity index (χ3n) is 2.66. The highest BCUT2D eigenvalue weighted by Crippen LogP contribution is 2.04. The number of aliphatic hydroxyl groups excluding tert-OH is 1. The quantitative estimate of drug-likeness (QED) is 0.811. The maximum atomic E-state index is 9.87. The Balaban J connectivity index is 1.73. The average molecular weight is 250 g/mol. The summed E-state index contributed by atoms with van der Waals surface area (Å²) in [6, 6.07) is 3.66. The Bertz CT molecular complexity index is 451. The molecule has 0 aromatic carbocycles. The van der Waals surface area contributed by atoms with E-state index in [-0.39, 0.29) is 6.61 Å². The summed E-state index contributed by atoms with van der Waals surface area (Å²) in [5.74, 6) is 1.74. The van der Waals surface area contributed by atoms with Gasteiger partial charge in [0.2, 0.25) is 0 Å². The highest BCUT2D eigenvalue weighted by Gasteiger charge is 2.08. The van der Waals surface area contributed by atoms with Gasteiger partial charge in [-0.2, -0.15) is 0 Å². The number of aromatic nitrogens is 2. The first-order chi connectivity index (χ1) is 8.79. The van der Waals surface area contributed by atoms with Gasteiger partial charge in [0.1, 0.15) is 18.2 Å². The molecule has 0 bridgehead atoms. The molecule has 2 rings (SSSR count). The molecule has 18 heavy (non-hydrogen) atoms. The van der Waals surface area contributed by atoms with Gasteiger partial charge in [0.05, 0.1) is 25.5 Å². The van der Waals surface area contributed by atoms with Crippen LogP contribution in [0.25, 0.3) is 0 Å². The fourth-order valence-electron chi connectivity index (χ4n) is 1.79. The maximum absolute atomic E-state index is 9.87. The Kier molecular flexibility index (Phi) is 4.55. The van der Waals surface area contributed by atoms with Crippen molar-refractivity contribution in [2.45, 2.75) is 32.6 Å². The van der Waals surface area contributed by atoms with Crippen molar-refractivity contribution >= 4 is 0 Å². The number of ether oxygens (including phenoxy) is 1. The molecule has 0 aliphatic carbocycles. The minimum absolute atomic E-state index is 0.280. The van der Waals surface area contributed by atoms with E-state index in [9.17, 15) is 5.11 Å². The molecule has 0 saturated heterocycles. The maximum Gasteiger partial charge on any atom is 0.129 e. The van der Waals surface area contributed by atoms with E-state index in [0.717, 1.165) is 18.0 Å². The molecule has 2 aromatic rings. The largest absolute Gasteiger partial charge is 0.467 e. The van der Waals surface area contributed by atoms with Crippen LogP contribution in [0, 0.1) is 0 Å². The zero-order valence-corrected chi connectivity index (χ0v) is 10.5. The molecule has 98 valence electrons. The van der Waals surface area contributed by atoms with Gasteiger partial charge < -0.3 is 18.8 Å². The molecule has 2 aromatic heterocycles. The summed E-state index contributed by atoms with van der Waals surface area (Å²) < 4.78 is 12.5. The smallest absolute Gasteiger partial charge is 0.129 e. The lowest BCUT2D eigenvalue weighted by atomic mass is 10.3. The molecular formula is C13H18N2O3. The van der Waals surface area contributed by atoms with E-state index in [1.807, 2.05) is 29.8 Å². The number of hydrogen-bond acceptors (Lipinski definition) is 4. The van der Waals surface area contributed by atoms with Crippen LogP contribution in [0.5, 0.6) is 0 Å². The van der Waals surface area contributed by atoms with Crippen LogP contribution in [0.1, 0.15) is 18.5 Å². The van der Waals surface area contributed by atoms with E-state index in [4.69, 9.17) is 9.15 Å². The Hall–Kier alpha value is -1.59. The Morgan fingerprint density at radius 3 is 3.17 bits per heavy atom. The molecule has 1 unspecified atom stereocenters. The summed E-state index contributed by atoms with van der Waals surface area (Å²) in [5.41, 5.74) is 0. The third kappa shape index (κ3) is 3.45. The summed E-state index contributed by atoms with van der Waals surface area (Å²) >= 11 is 0. The van der Waals surface area contributed by atoms with Crippen LogP contribution >= 0.6 is 0 Å². The zero-order chi connectivity index (χ0) is 12.8. The highest BCUT2D eigenvalue weighted by molar-refractivity contribution is 4.96. The molecule has 5 heteroatoms. The van der Waals surface area contributed by atoms with E-state index in [1.54, 1.807) is 12.5 Å². The molecule has 0 amide bonds. The molecule has 2 heterocycles. The van der Waals surface area contributed by atoms with E-state index < -0.39 is 6.10 Å². The predicted molar refractivity (Wildman–Crippen MR) is 66.0 cm³/mol. The summed E-state index contributed by atoms with van der Waals surface area (Å²) in [4.78, 5) is 4.20. The van der Waals surface area contributed by atoms with Crippen molar-refractivity contribution in [2.24, 2.45) is 0 Å². The summed E-state index contributed by atoms with van der Waals surface area (Å²) in [6.07, 6.45) is 5.53. The van der Waals surface area contributed by atoms with Gasteiger partial charge in [-0.05, 0) is 12.1 Å². The van der Waals surface area contributed by atoms with Gasteiger partial charge in [-0.15, -0.1) is 0 Å². The highest BCUT2D eigenvalue weighted by atomic mass is 16.5. The molecule has 0 fully saturated rings. The Morgan fingerprint density at radius 1 is 1.56 bits per heavy atom. The number of furan rings is 1. The molecular weight excluding hydrogens is 232 g/mol. The lowest BCUT2D eigenvalue weighted by Gasteiger charge is -2.13. The lowest BCUT2D eigenvalue weighted by molar-refractivity contribution is 0.0143. The van der Waals surface area contributed by atoms with Gasteiger partial charge in [-0.1, -0.05) is 6.92 Å². The molecule has 1 N–H and O–H groups in total. The zero-order valence-electron chi connectivity index (χ0n) is 10.5. The summed E-state index contributed by atoms with van der Waals surface area (Å²) in [5, 5.41) is 9.87. The van der Waals surface area contributed by atoms with Crippen molar-refractivity contribution < 1.29 is 14.3 Å². The normalized spacial score (nSPS) is 12.8. The average Bonchev–Trinajstić information content (AvgIpc) is 3.00. The molecule has 0 radical (unpaired) electrons. The fourth-order valence-corrected chi connectivity index (χ4v) is 1.79. The number of imidazole rings is 1. The molecule has 0 spiro atoms. The van der Waals surface area contributed by atoms with Crippen molar-refractivity contribution in [3.8, 4) is 0 Å². The van der Waals surface area contributed by atoms with Gasteiger partial charge >= 0.3 is 0 Å². The second-order valence-corrected chi connectivity index (χ2v) is 4.10. The van der Waals surface area contributed by atoms with Crippen molar-refractivity contribution in [3.63, 3.8) is 0 Å². The predicted octanol–water partition coefficient (Wildman–Crippen LogP) is 1.62. The van der Waals surface area contributed by atoms with Gasteiger partial charge in [0.15, 0.2) is 0 Å². The number of hydrogen-bond donors (Lipinski definition) is 1. The van der Waals surface area contributed by atoms with Crippen LogP contribution in [-0.2, 0) is 24.3 Å². The van der Waals surface area contributed by atoms with E-state index in [1.165, 1.54) is 0 Å². The van der Waals surface area contributed by atoms with E-state index in [2.05, 4.69) is 4.98 Å². The van der Waals surface area contributed by atoms with E-state index >= 15 is 0 Å². The minimum atomic E-state index is -0.542. The summed E-state index contributed by atoms with van der Waals surface area (Å²) in [6.45, 7) is 3.20. The molecule has 0 aliphatic rings. The molecule has 0 aliphatic heterocycles. The van der Waals surface area contributed by atoms with Gasteiger partial charge in [-0.25, -0.2) is 4.98 Å². The first-order valence-corrected chi connectivity index (χ1v) is 6.07. The number of nitrogens with zero attached hydrogens (tertiary/aromatic N) is 2. The van der Waals surface area contributed by atoms with Crippen molar-refractivity contribution in [2.75, 3.05) is 6.61 Å². The number of rotatable bonds is 7. The van der Waals surface area contributed by atoms with Crippen LogP contribution in [0.3, 0.4) is 0 Å². The van der Waals surface area contributed by atoms with Crippen LogP contribution in [0.2, 0.25) is 0 Å². The second-order valence-electron chi connectivity index (χ2n) is 4.10. The first-order valence-electron chi connectivity index (χ1n) is 6.07. The first kappa shape index (κ1) is 12.9.